The van der Waals surface area contributed by atoms with Crippen molar-refractivity contribution in [3.63, 3.8) is 0 Å². The second kappa shape index (κ2) is 11.1. The molecule has 2 atom stereocenters. The van der Waals surface area contributed by atoms with Gasteiger partial charge in [0, 0.05) is 25.7 Å². The van der Waals surface area contributed by atoms with Crippen molar-refractivity contribution in [2.24, 2.45) is 5.92 Å². The zero-order valence-corrected chi connectivity index (χ0v) is 18.2. The Hall–Kier alpha value is -2.22. The largest absolute Gasteiger partial charge is 0.363 e. The minimum absolute atomic E-state index is 0.00298. The Morgan fingerprint density at radius 2 is 1.86 bits per heavy atom. The highest BCUT2D eigenvalue weighted by molar-refractivity contribution is 7.80. The molecule has 2 rings (SSSR count). The van der Waals surface area contributed by atoms with E-state index in [1.807, 2.05) is 20.8 Å². The average Bonchev–Trinajstić information content (AvgIpc) is 2.72. The molecule has 0 aromatic heterocycles. The van der Waals surface area contributed by atoms with Crippen LogP contribution in [0.15, 0.2) is 24.3 Å². The van der Waals surface area contributed by atoms with Crippen molar-refractivity contribution in [1.29, 1.82) is 0 Å². The fourth-order valence-electron chi connectivity index (χ4n) is 3.40. The van der Waals surface area contributed by atoms with Crippen LogP contribution in [0.2, 0.25) is 0 Å². The van der Waals surface area contributed by atoms with Gasteiger partial charge in [-0.25, -0.2) is 4.39 Å². The third-order valence-electron chi connectivity index (χ3n) is 5.31. The predicted octanol–water partition coefficient (Wildman–Crippen LogP) is 2.45. The van der Waals surface area contributed by atoms with Crippen LogP contribution < -0.4 is 16.0 Å². The lowest BCUT2D eigenvalue weighted by atomic mass is 9.88. The SMILES string of the molecule is CCNC(=S)N1CCC([C@H](NC(=O)c2ccccc2F)C(=O)N[C@H](C)CC)CC1. The molecule has 1 aliphatic rings. The molecule has 3 N–H and O–H groups in total. The lowest BCUT2D eigenvalue weighted by molar-refractivity contribution is -0.125. The number of likely N-dealkylation sites (tertiary alicyclic amines) is 1. The Balaban J connectivity index is 2.11. The number of nitrogens with one attached hydrogen (secondary N) is 3. The van der Waals surface area contributed by atoms with Crippen molar-refractivity contribution < 1.29 is 14.0 Å². The summed E-state index contributed by atoms with van der Waals surface area (Å²) < 4.78 is 14.0. The minimum atomic E-state index is -0.717. The Morgan fingerprint density at radius 1 is 1.21 bits per heavy atom. The number of piperidine rings is 1. The molecule has 2 amide bonds. The van der Waals surface area contributed by atoms with E-state index >= 15 is 0 Å². The van der Waals surface area contributed by atoms with Gasteiger partial charge in [-0.15, -0.1) is 0 Å². The molecule has 1 saturated heterocycles. The lowest BCUT2D eigenvalue weighted by Gasteiger charge is -2.37. The first-order valence-electron chi connectivity index (χ1n) is 10.3. The first kappa shape index (κ1) is 23.1. The third kappa shape index (κ3) is 6.39. The van der Waals surface area contributed by atoms with Gasteiger partial charge < -0.3 is 20.9 Å². The van der Waals surface area contributed by atoms with Gasteiger partial charge in [-0.2, -0.15) is 0 Å². The Kier molecular flexibility index (Phi) is 8.82. The van der Waals surface area contributed by atoms with E-state index in [0.717, 1.165) is 13.0 Å². The van der Waals surface area contributed by atoms with Crippen molar-refractivity contribution >= 4 is 29.1 Å². The molecule has 1 fully saturated rings. The first-order chi connectivity index (χ1) is 13.9. The number of carbonyl (C=O) groups excluding carboxylic acids is 2. The van der Waals surface area contributed by atoms with Gasteiger partial charge in [0.25, 0.3) is 5.91 Å². The van der Waals surface area contributed by atoms with Crippen molar-refractivity contribution in [2.75, 3.05) is 19.6 Å². The Labute approximate surface area is 177 Å². The van der Waals surface area contributed by atoms with Crippen LogP contribution in [0.25, 0.3) is 0 Å². The number of hydrogen-bond donors (Lipinski definition) is 3. The number of nitrogens with zero attached hydrogens (tertiary/aromatic N) is 1. The summed E-state index contributed by atoms with van der Waals surface area (Å²) >= 11 is 5.37. The van der Waals surface area contributed by atoms with Crippen molar-refractivity contribution in [2.45, 2.75) is 52.1 Å². The number of thiocarbonyl (C=S) groups is 1. The topological polar surface area (TPSA) is 73.5 Å². The predicted molar refractivity (Wildman–Crippen MR) is 116 cm³/mol. The summed E-state index contributed by atoms with van der Waals surface area (Å²) in [6, 6.07) is 5.08. The second-order valence-corrected chi connectivity index (χ2v) is 7.80. The number of hydrogen-bond acceptors (Lipinski definition) is 3. The van der Waals surface area contributed by atoms with Crippen molar-refractivity contribution in [1.82, 2.24) is 20.9 Å². The van der Waals surface area contributed by atoms with E-state index < -0.39 is 17.8 Å². The number of halogens is 1. The van der Waals surface area contributed by atoms with Gasteiger partial charge in [0.2, 0.25) is 5.91 Å². The standard InChI is InChI=1S/C21H31FN4O2S/c1-4-14(3)24-20(28)18(25-19(27)16-8-6-7-9-17(16)22)15-10-12-26(13-11-15)21(29)23-5-2/h6-9,14-15,18H,4-5,10-13H2,1-3H3,(H,23,29)(H,24,28)(H,25,27)/t14-,18+/m1/s1. The zero-order chi connectivity index (χ0) is 21.4. The van der Waals surface area contributed by atoms with Crippen LogP contribution in [0.1, 0.15) is 50.4 Å². The van der Waals surface area contributed by atoms with E-state index in [1.54, 1.807) is 6.07 Å². The molecule has 0 unspecified atom stereocenters. The van der Waals surface area contributed by atoms with Gasteiger partial charge in [0.15, 0.2) is 5.11 Å². The number of carbonyl (C=O) groups is 2. The number of rotatable bonds is 7. The molecule has 1 aliphatic heterocycles. The van der Waals surface area contributed by atoms with Gasteiger partial charge in [-0.1, -0.05) is 19.1 Å². The van der Waals surface area contributed by atoms with Gasteiger partial charge in [-0.3, -0.25) is 9.59 Å². The highest BCUT2D eigenvalue weighted by Crippen LogP contribution is 2.22. The molecule has 0 spiro atoms. The summed E-state index contributed by atoms with van der Waals surface area (Å²) in [4.78, 5) is 27.7. The van der Waals surface area contributed by atoms with Gasteiger partial charge in [-0.05, 0) is 63.4 Å². The molecular weight excluding hydrogens is 391 g/mol. The summed E-state index contributed by atoms with van der Waals surface area (Å²) in [5.74, 6) is -1.44. The molecule has 29 heavy (non-hydrogen) atoms. The van der Waals surface area contributed by atoms with Crippen LogP contribution in [0.3, 0.4) is 0 Å². The monoisotopic (exact) mass is 422 g/mol. The molecule has 0 aliphatic carbocycles. The normalized spacial score (nSPS) is 16.6. The quantitative estimate of drug-likeness (QED) is 0.589. The average molecular weight is 423 g/mol. The van der Waals surface area contributed by atoms with Gasteiger partial charge >= 0.3 is 0 Å². The fraction of sp³-hybridized carbons (Fsp3) is 0.571. The zero-order valence-electron chi connectivity index (χ0n) is 17.3. The molecule has 1 aromatic rings. The molecule has 1 aromatic carbocycles. The minimum Gasteiger partial charge on any atom is -0.363 e. The first-order valence-corrected chi connectivity index (χ1v) is 10.7. The van der Waals surface area contributed by atoms with Crippen LogP contribution in [0.4, 0.5) is 4.39 Å². The number of amides is 2. The maximum Gasteiger partial charge on any atom is 0.254 e. The van der Waals surface area contributed by atoms with Crippen LogP contribution in [0, 0.1) is 11.7 Å². The van der Waals surface area contributed by atoms with E-state index in [1.165, 1.54) is 18.2 Å². The molecule has 0 bridgehead atoms. The molecular formula is C21H31FN4O2S. The number of benzene rings is 1. The van der Waals surface area contributed by atoms with Crippen molar-refractivity contribution in [3.8, 4) is 0 Å². The molecule has 6 nitrogen and oxygen atoms in total. The van der Waals surface area contributed by atoms with E-state index in [9.17, 15) is 14.0 Å². The van der Waals surface area contributed by atoms with Crippen molar-refractivity contribution in [3.05, 3.63) is 35.6 Å². The van der Waals surface area contributed by atoms with E-state index in [4.69, 9.17) is 12.2 Å². The molecule has 160 valence electrons. The summed E-state index contributed by atoms with van der Waals surface area (Å²) in [6.07, 6.45) is 2.21. The molecule has 8 heteroatoms. The summed E-state index contributed by atoms with van der Waals surface area (Å²) in [7, 11) is 0. The van der Waals surface area contributed by atoms with E-state index in [2.05, 4.69) is 20.9 Å². The molecule has 0 radical (unpaired) electrons. The maximum atomic E-state index is 14.0. The Bertz CT molecular complexity index is 722. The summed E-state index contributed by atoms with van der Waals surface area (Å²) in [5.41, 5.74) is -0.0559. The lowest BCUT2D eigenvalue weighted by Crippen LogP contribution is -2.55. The smallest absolute Gasteiger partial charge is 0.254 e. The van der Waals surface area contributed by atoms with Crippen LogP contribution in [0.5, 0.6) is 0 Å². The maximum absolute atomic E-state index is 14.0. The molecule has 0 saturated carbocycles. The van der Waals surface area contributed by atoms with Gasteiger partial charge in [0.05, 0.1) is 5.56 Å². The van der Waals surface area contributed by atoms with Crippen LogP contribution >= 0.6 is 12.2 Å². The fourth-order valence-corrected chi connectivity index (χ4v) is 3.72. The second-order valence-electron chi connectivity index (χ2n) is 7.41. The Morgan fingerprint density at radius 3 is 2.45 bits per heavy atom. The summed E-state index contributed by atoms with van der Waals surface area (Å²) in [6.45, 7) is 8.07. The highest BCUT2D eigenvalue weighted by atomic mass is 32.1. The highest BCUT2D eigenvalue weighted by Gasteiger charge is 2.34. The third-order valence-corrected chi connectivity index (χ3v) is 5.72. The molecule has 1 heterocycles. The van der Waals surface area contributed by atoms with Gasteiger partial charge in [0.1, 0.15) is 11.9 Å². The van der Waals surface area contributed by atoms with Crippen LogP contribution in [-0.4, -0.2) is 53.5 Å². The van der Waals surface area contributed by atoms with E-state index in [0.29, 0.717) is 31.0 Å². The van der Waals surface area contributed by atoms with E-state index in [-0.39, 0.29) is 23.4 Å². The van der Waals surface area contributed by atoms with Crippen LogP contribution in [-0.2, 0) is 4.79 Å². The summed E-state index contributed by atoms with van der Waals surface area (Å²) in [5, 5.41) is 9.59.